The van der Waals surface area contributed by atoms with Crippen molar-refractivity contribution in [3.8, 4) is 0 Å². The molecule has 0 aliphatic rings. The third-order valence-electron chi connectivity index (χ3n) is 2.24. The number of carbonyl (C=O) groups is 1. The van der Waals surface area contributed by atoms with Crippen LogP contribution in [0.1, 0.15) is 31.1 Å². The second kappa shape index (κ2) is 4.83. The number of rotatable bonds is 1. The zero-order chi connectivity index (χ0) is 13.5. The minimum atomic E-state index is -0.504. The van der Waals surface area contributed by atoms with Crippen LogP contribution in [0.4, 0.5) is 0 Å². The Labute approximate surface area is 123 Å². The van der Waals surface area contributed by atoms with E-state index in [1.165, 1.54) is 11.3 Å². The Morgan fingerprint density at radius 1 is 1.39 bits per heavy atom. The van der Waals surface area contributed by atoms with Crippen molar-refractivity contribution in [2.45, 2.75) is 26.4 Å². The third kappa shape index (κ3) is 2.71. The van der Waals surface area contributed by atoms with Crippen LogP contribution in [0.5, 0.6) is 0 Å². The number of ether oxygens (including phenoxy) is 1. The summed E-state index contributed by atoms with van der Waals surface area (Å²) in [5.74, 6) is -0.322. The van der Waals surface area contributed by atoms with Crippen molar-refractivity contribution in [1.82, 2.24) is 0 Å². The fraction of sp³-hybridized carbons (Fsp3) is 0.308. The van der Waals surface area contributed by atoms with Gasteiger partial charge in [-0.05, 0) is 32.9 Å². The summed E-state index contributed by atoms with van der Waals surface area (Å²) in [6.07, 6.45) is 0. The van der Waals surface area contributed by atoms with E-state index in [2.05, 4.69) is 15.9 Å². The molecule has 0 aliphatic carbocycles. The first-order valence-corrected chi connectivity index (χ1v) is 7.43. The smallest absolute Gasteiger partial charge is 0.340 e. The predicted octanol–water partition coefficient (Wildman–Crippen LogP) is 5.27. The van der Waals surface area contributed by atoms with E-state index >= 15 is 0 Å². The Balaban J connectivity index is 2.53. The maximum absolute atomic E-state index is 12.1. The molecule has 0 saturated carbocycles. The predicted molar refractivity (Wildman–Crippen MR) is 79.7 cm³/mol. The zero-order valence-corrected chi connectivity index (χ0v) is 13.4. The lowest BCUT2D eigenvalue weighted by molar-refractivity contribution is 0.00723. The van der Waals surface area contributed by atoms with Crippen molar-refractivity contribution >= 4 is 54.9 Å². The molecule has 0 amide bonds. The van der Waals surface area contributed by atoms with Gasteiger partial charge in [-0.3, -0.25) is 0 Å². The van der Waals surface area contributed by atoms with Crippen molar-refractivity contribution in [2.24, 2.45) is 0 Å². The van der Waals surface area contributed by atoms with Gasteiger partial charge in [0.15, 0.2) is 0 Å². The first-order chi connectivity index (χ1) is 8.29. The first-order valence-electron chi connectivity index (χ1n) is 5.38. The number of carbonyl (C=O) groups excluding carboxylic acids is 1. The van der Waals surface area contributed by atoms with Gasteiger partial charge in [-0.15, -0.1) is 11.3 Å². The molecule has 0 fully saturated rings. The van der Waals surface area contributed by atoms with Crippen LogP contribution >= 0.6 is 38.9 Å². The van der Waals surface area contributed by atoms with Crippen molar-refractivity contribution in [1.29, 1.82) is 0 Å². The third-order valence-corrected chi connectivity index (χ3v) is 4.34. The summed E-state index contributed by atoms with van der Waals surface area (Å²) in [5, 5.41) is 3.25. The quantitative estimate of drug-likeness (QED) is 0.657. The highest BCUT2D eigenvalue weighted by molar-refractivity contribution is 9.10. The molecular weight excluding hydrogens is 336 g/mol. The number of esters is 1. The molecule has 2 aromatic rings. The molecule has 0 aliphatic heterocycles. The highest BCUT2D eigenvalue weighted by atomic mass is 79.9. The Bertz CT molecular complexity index is 613. The largest absolute Gasteiger partial charge is 0.456 e. The van der Waals surface area contributed by atoms with Gasteiger partial charge >= 0.3 is 5.97 Å². The van der Waals surface area contributed by atoms with Crippen LogP contribution in [0.3, 0.4) is 0 Å². The molecule has 5 heteroatoms. The van der Waals surface area contributed by atoms with Gasteiger partial charge in [0.25, 0.3) is 0 Å². The molecule has 2 rings (SSSR count). The van der Waals surface area contributed by atoms with E-state index in [9.17, 15) is 4.79 Å². The van der Waals surface area contributed by atoms with Gasteiger partial charge in [0.2, 0.25) is 0 Å². The molecule has 96 valence electrons. The normalized spacial score (nSPS) is 11.8. The van der Waals surface area contributed by atoms with Gasteiger partial charge in [-0.25, -0.2) is 4.79 Å². The summed E-state index contributed by atoms with van der Waals surface area (Å²) in [7, 11) is 0. The molecule has 0 atom stereocenters. The molecule has 1 aromatic carbocycles. The Kier molecular flexibility index (Phi) is 3.72. The molecule has 0 N–H and O–H groups in total. The van der Waals surface area contributed by atoms with Crippen LogP contribution in [0.2, 0.25) is 5.02 Å². The summed E-state index contributed by atoms with van der Waals surface area (Å²) in [4.78, 5) is 12.1. The summed E-state index contributed by atoms with van der Waals surface area (Å²) >= 11 is 11.0. The van der Waals surface area contributed by atoms with Gasteiger partial charge in [0.1, 0.15) is 5.60 Å². The maximum atomic E-state index is 12.1. The van der Waals surface area contributed by atoms with Crippen LogP contribution in [0.25, 0.3) is 10.1 Å². The SMILES string of the molecule is CC(C)(C)OC(=O)c1csc2c(Cl)ccc(Br)c12. The molecule has 1 aromatic heterocycles. The van der Waals surface area contributed by atoms with Crippen LogP contribution in [0.15, 0.2) is 22.0 Å². The lowest BCUT2D eigenvalue weighted by atomic mass is 10.1. The minimum Gasteiger partial charge on any atom is -0.456 e. The minimum absolute atomic E-state index is 0.322. The highest BCUT2D eigenvalue weighted by Crippen LogP contribution is 2.37. The van der Waals surface area contributed by atoms with Crippen molar-refractivity contribution in [3.63, 3.8) is 0 Å². The standard InChI is InChI=1S/C13H12BrClO2S/c1-13(2,3)17-12(16)7-6-18-11-9(15)5-4-8(14)10(7)11/h4-6H,1-3H3. The lowest BCUT2D eigenvalue weighted by Crippen LogP contribution is -2.23. The number of fused-ring (bicyclic) bond motifs is 1. The van der Waals surface area contributed by atoms with Crippen molar-refractivity contribution < 1.29 is 9.53 Å². The summed E-state index contributed by atoms with van der Waals surface area (Å²) in [5.41, 5.74) is 0.0513. The van der Waals surface area contributed by atoms with E-state index in [4.69, 9.17) is 16.3 Å². The molecule has 0 radical (unpaired) electrons. The number of hydrogen-bond donors (Lipinski definition) is 0. The molecule has 1 heterocycles. The molecule has 18 heavy (non-hydrogen) atoms. The topological polar surface area (TPSA) is 26.3 Å². The fourth-order valence-corrected chi connectivity index (χ4v) is 3.49. The first kappa shape index (κ1) is 13.8. The number of thiophene rings is 1. The molecule has 0 bridgehead atoms. The summed E-state index contributed by atoms with van der Waals surface area (Å²) in [6.45, 7) is 5.55. The number of halogens is 2. The Morgan fingerprint density at radius 2 is 2.06 bits per heavy atom. The number of benzene rings is 1. The van der Waals surface area contributed by atoms with E-state index in [0.717, 1.165) is 14.6 Å². The van der Waals surface area contributed by atoms with E-state index in [-0.39, 0.29) is 5.97 Å². The van der Waals surface area contributed by atoms with Crippen molar-refractivity contribution in [3.05, 3.63) is 32.6 Å². The Morgan fingerprint density at radius 3 is 2.67 bits per heavy atom. The maximum Gasteiger partial charge on any atom is 0.340 e. The van der Waals surface area contributed by atoms with Crippen LogP contribution in [-0.4, -0.2) is 11.6 Å². The van der Waals surface area contributed by atoms with Gasteiger partial charge in [-0.2, -0.15) is 0 Å². The van der Waals surface area contributed by atoms with Gasteiger partial charge < -0.3 is 4.74 Å². The Hall–Kier alpha value is -0.580. The van der Waals surface area contributed by atoms with Gasteiger partial charge in [0.05, 0.1) is 15.3 Å². The summed E-state index contributed by atoms with van der Waals surface area (Å²) < 4.78 is 7.14. The van der Waals surface area contributed by atoms with Crippen LogP contribution < -0.4 is 0 Å². The average molecular weight is 348 g/mol. The fourth-order valence-electron chi connectivity index (χ4n) is 1.56. The van der Waals surface area contributed by atoms with E-state index in [0.29, 0.717) is 10.6 Å². The van der Waals surface area contributed by atoms with E-state index in [1.54, 1.807) is 5.38 Å². The lowest BCUT2D eigenvalue weighted by Gasteiger charge is -2.19. The molecule has 2 nitrogen and oxygen atoms in total. The summed E-state index contributed by atoms with van der Waals surface area (Å²) in [6, 6.07) is 3.65. The monoisotopic (exact) mass is 346 g/mol. The van der Waals surface area contributed by atoms with Gasteiger partial charge in [-0.1, -0.05) is 27.5 Å². The second-order valence-corrected chi connectivity index (χ2v) is 7.03. The second-order valence-electron chi connectivity index (χ2n) is 4.88. The van der Waals surface area contributed by atoms with Crippen molar-refractivity contribution in [2.75, 3.05) is 0 Å². The van der Waals surface area contributed by atoms with E-state index < -0.39 is 5.60 Å². The molecular formula is C13H12BrClO2S. The highest BCUT2D eigenvalue weighted by Gasteiger charge is 2.22. The molecule has 0 spiro atoms. The van der Waals surface area contributed by atoms with E-state index in [1.807, 2.05) is 32.9 Å². The molecule has 0 unspecified atom stereocenters. The molecule has 0 saturated heterocycles. The average Bonchev–Trinajstić information content (AvgIpc) is 2.66. The number of hydrogen-bond acceptors (Lipinski definition) is 3. The van der Waals surface area contributed by atoms with Gasteiger partial charge in [0, 0.05) is 15.2 Å². The zero-order valence-electron chi connectivity index (χ0n) is 10.2. The van der Waals surface area contributed by atoms with Crippen LogP contribution in [0, 0.1) is 0 Å². The van der Waals surface area contributed by atoms with Crippen LogP contribution in [-0.2, 0) is 4.74 Å².